The van der Waals surface area contributed by atoms with Gasteiger partial charge in [-0.2, -0.15) is 4.98 Å². The van der Waals surface area contributed by atoms with Crippen molar-refractivity contribution in [1.29, 1.82) is 0 Å². The quantitative estimate of drug-likeness (QED) is 0.838. The third-order valence-corrected chi connectivity index (χ3v) is 4.96. The minimum atomic E-state index is -0.0652. The Morgan fingerprint density at radius 1 is 1.48 bits per heavy atom. The van der Waals surface area contributed by atoms with Gasteiger partial charge >= 0.3 is 0 Å². The van der Waals surface area contributed by atoms with Gasteiger partial charge in [0.05, 0.1) is 6.42 Å². The average Bonchev–Trinajstić information content (AvgIpc) is 3.18. The van der Waals surface area contributed by atoms with E-state index in [1.807, 2.05) is 22.4 Å². The normalized spacial score (nSPS) is 18.6. The Hall–Kier alpha value is -1.69. The van der Waals surface area contributed by atoms with E-state index in [0.717, 1.165) is 42.9 Å². The van der Waals surface area contributed by atoms with Crippen LogP contribution in [0.15, 0.2) is 22.0 Å². The lowest BCUT2D eigenvalue weighted by atomic mass is 10.0. The first-order valence-electron chi connectivity index (χ1n) is 8.28. The second-order valence-electron chi connectivity index (χ2n) is 6.50. The molecule has 5 nitrogen and oxygen atoms in total. The second kappa shape index (κ2) is 7.25. The molecule has 2 aromatic rings. The predicted molar refractivity (Wildman–Crippen MR) is 89.2 cm³/mol. The van der Waals surface area contributed by atoms with E-state index in [4.69, 9.17) is 4.52 Å². The number of hydrogen-bond acceptors (Lipinski definition) is 5. The maximum atomic E-state index is 12.7. The highest BCUT2D eigenvalue weighted by molar-refractivity contribution is 7.10. The van der Waals surface area contributed by atoms with Crippen molar-refractivity contribution in [3.05, 3.63) is 34.1 Å². The van der Waals surface area contributed by atoms with E-state index in [2.05, 4.69) is 24.0 Å². The SMILES string of the molecule is CC(C)Cc1noc(C2CCCCN2C(=O)Cc2cccs2)n1. The molecule has 1 saturated heterocycles. The molecule has 0 bridgehead atoms. The summed E-state index contributed by atoms with van der Waals surface area (Å²) in [5, 5.41) is 6.09. The van der Waals surface area contributed by atoms with E-state index >= 15 is 0 Å². The fraction of sp³-hybridized carbons (Fsp3) is 0.588. The molecule has 0 aromatic carbocycles. The summed E-state index contributed by atoms with van der Waals surface area (Å²) in [5.41, 5.74) is 0. The highest BCUT2D eigenvalue weighted by Gasteiger charge is 2.32. The largest absolute Gasteiger partial charge is 0.337 e. The topological polar surface area (TPSA) is 59.2 Å². The van der Waals surface area contributed by atoms with Gasteiger partial charge in [0.1, 0.15) is 6.04 Å². The Bertz CT molecular complexity index is 636. The molecule has 0 spiro atoms. The summed E-state index contributed by atoms with van der Waals surface area (Å²) in [6, 6.07) is 3.93. The fourth-order valence-corrected chi connectivity index (χ4v) is 3.70. The van der Waals surface area contributed by atoms with Gasteiger partial charge in [-0.05, 0) is 36.6 Å². The van der Waals surface area contributed by atoms with E-state index in [0.29, 0.717) is 18.2 Å². The summed E-state index contributed by atoms with van der Waals surface area (Å²) in [5.74, 6) is 1.98. The predicted octanol–water partition coefficient (Wildman–Crippen LogP) is 3.63. The van der Waals surface area contributed by atoms with Crippen LogP contribution in [0.1, 0.15) is 55.7 Å². The van der Waals surface area contributed by atoms with E-state index in [1.54, 1.807) is 11.3 Å². The first-order chi connectivity index (χ1) is 11.1. The van der Waals surface area contributed by atoms with Crippen LogP contribution in [0.5, 0.6) is 0 Å². The van der Waals surface area contributed by atoms with E-state index in [1.165, 1.54) is 0 Å². The number of likely N-dealkylation sites (tertiary alicyclic amines) is 1. The van der Waals surface area contributed by atoms with Crippen LogP contribution >= 0.6 is 11.3 Å². The number of piperidine rings is 1. The Labute approximate surface area is 140 Å². The zero-order valence-electron chi connectivity index (χ0n) is 13.7. The minimum absolute atomic E-state index is 0.0652. The molecular formula is C17H23N3O2S. The fourth-order valence-electron chi connectivity index (χ4n) is 3.00. The molecule has 3 heterocycles. The summed E-state index contributed by atoms with van der Waals surface area (Å²) in [7, 11) is 0. The number of aromatic nitrogens is 2. The third-order valence-electron chi connectivity index (χ3n) is 4.09. The third kappa shape index (κ3) is 3.99. The first kappa shape index (κ1) is 16.2. The molecule has 124 valence electrons. The van der Waals surface area contributed by atoms with Crippen molar-refractivity contribution in [3.8, 4) is 0 Å². The molecule has 0 aliphatic carbocycles. The van der Waals surface area contributed by atoms with E-state index < -0.39 is 0 Å². The Morgan fingerprint density at radius 3 is 3.09 bits per heavy atom. The van der Waals surface area contributed by atoms with Gasteiger partial charge in [-0.1, -0.05) is 25.1 Å². The molecule has 1 unspecified atom stereocenters. The van der Waals surface area contributed by atoms with Crippen molar-refractivity contribution in [2.24, 2.45) is 5.92 Å². The second-order valence-corrected chi connectivity index (χ2v) is 7.53. The Morgan fingerprint density at radius 2 is 2.35 bits per heavy atom. The number of nitrogens with zero attached hydrogens (tertiary/aromatic N) is 3. The van der Waals surface area contributed by atoms with E-state index in [-0.39, 0.29) is 11.9 Å². The molecule has 1 aliphatic heterocycles. The molecule has 3 rings (SSSR count). The van der Waals surface area contributed by atoms with Crippen LogP contribution in [-0.2, 0) is 17.6 Å². The van der Waals surface area contributed by atoms with Gasteiger partial charge in [0.15, 0.2) is 5.82 Å². The standard InChI is InChI=1S/C17H23N3O2S/c1-12(2)10-15-18-17(22-19-15)14-7-3-4-8-20(14)16(21)11-13-6-5-9-23-13/h5-6,9,12,14H,3-4,7-8,10-11H2,1-2H3. The molecule has 0 radical (unpaired) electrons. The number of rotatable bonds is 5. The van der Waals surface area contributed by atoms with Crippen molar-refractivity contribution in [2.75, 3.05) is 6.54 Å². The number of carbonyl (C=O) groups is 1. The number of amides is 1. The van der Waals surface area contributed by atoms with Crippen LogP contribution in [0.2, 0.25) is 0 Å². The van der Waals surface area contributed by atoms with Crippen LogP contribution in [0.25, 0.3) is 0 Å². The van der Waals surface area contributed by atoms with Crippen molar-refractivity contribution < 1.29 is 9.32 Å². The van der Waals surface area contributed by atoms with Crippen molar-refractivity contribution in [3.63, 3.8) is 0 Å². The van der Waals surface area contributed by atoms with Gasteiger partial charge in [-0.15, -0.1) is 11.3 Å². The monoisotopic (exact) mass is 333 g/mol. The molecule has 1 atom stereocenters. The number of carbonyl (C=O) groups excluding carboxylic acids is 1. The molecule has 1 aliphatic rings. The molecule has 0 N–H and O–H groups in total. The zero-order valence-corrected chi connectivity index (χ0v) is 14.5. The maximum absolute atomic E-state index is 12.7. The van der Waals surface area contributed by atoms with Crippen molar-refractivity contribution in [1.82, 2.24) is 15.0 Å². The molecule has 0 saturated carbocycles. The van der Waals surface area contributed by atoms with Crippen molar-refractivity contribution >= 4 is 17.2 Å². The van der Waals surface area contributed by atoms with Gasteiger partial charge in [0.2, 0.25) is 11.8 Å². The smallest absolute Gasteiger partial charge is 0.249 e. The number of thiophene rings is 1. The Balaban J connectivity index is 1.73. The van der Waals surface area contributed by atoms with E-state index in [9.17, 15) is 4.79 Å². The van der Waals surface area contributed by atoms with Gasteiger partial charge in [0.25, 0.3) is 0 Å². The molecule has 1 fully saturated rings. The Kier molecular flexibility index (Phi) is 5.10. The summed E-state index contributed by atoms with van der Waals surface area (Å²) >= 11 is 1.62. The molecule has 1 amide bonds. The van der Waals surface area contributed by atoms with Gasteiger partial charge in [0, 0.05) is 17.8 Å². The van der Waals surface area contributed by atoms with Crippen LogP contribution in [0.3, 0.4) is 0 Å². The lowest BCUT2D eigenvalue weighted by Gasteiger charge is -2.33. The van der Waals surface area contributed by atoms with Crippen molar-refractivity contribution in [2.45, 2.75) is 52.0 Å². The maximum Gasteiger partial charge on any atom is 0.249 e. The summed E-state index contributed by atoms with van der Waals surface area (Å²) in [6.45, 7) is 5.04. The lowest BCUT2D eigenvalue weighted by Crippen LogP contribution is -2.39. The summed E-state index contributed by atoms with van der Waals surface area (Å²) in [6.07, 6.45) is 4.30. The zero-order chi connectivity index (χ0) is 16.2. The summed E-state index contributed by atoms with van der Waals surface area (Å²) in [4.78, 5) is 20.2. The highest BCUT2D eigenvalue weighted by atomic mass is 32.1. The van der Waals surface area contributed by atoms with Crippen LogP contribution < -0.4 is 0 Å². The van der Waals surface area contributed by atoms with Crippen LogP contribution in [-0.4, -0.2) is 27.5 Å². The van der Waals surface area contributed by atoms with Gasteiger partial charge < -0.3 is 9.42 Å². The van der Waals surface area contributed by atoms with Gasteiger partial charge in [-0.25, -0.2) is 0 Å². The molecular weight excluding hydrogens is 310 g/mol. The number of hydrogen-bond donors (Lipinski definition) is 0. The summed E-state index contributed by atoms with van der Waals surface area (Å²) < 4.78 is 5.47. The minimum Gasteiger partial charge on any atom is -0.337 e. The first-order valence-corrected chi connectivity index (χ1v) is 9.16. The van der Waals surface area contributed by atoms with Crippen LogP contribution in [0.4, 0.5) is 0 Å². The molecule has 2 aromatic heterocycles. The van der Waals surface area contributed by atoms with Crippen LogP contribution in [0, 0.1) is 5.92 Å². The average molecular weight is 333 g/mol. The highest BCUT2D eigenvalue weighted by Crippen LogP contribution is 2.31. The molecule has 6 heteroatoms. The molecule has 23 heavy (non-hydrogen) atoms. The van der Waals surface area contributed by atoms with Gasteiger partial charge in [-0.3, -0.25) is 4.79 Å². The lowest BCUT2D eigenvalue weighted by molar-refractivity contribution is -0.134.